The summed E-state index contributed by atoms with van der Waals surface area (Å²) < 4.78 is 1.01. The number of hydrogen-bond donors (Lipinski definition) is 1. The van der Waals surface area contributed by atoms with Crippen LogP contribution in [-0.4, -0.2) is 23.3 Å². The van der Waals surface area contributed by atoms with Crippen molar-refractivity contribution in [3.8, 4) is 0 Å². The van der Waals surface area contributed by atoms with Crippen LogP contribution in [0.2, 0.25) is 0 Å². The van der Waals surface area contributed by atoms with E-state index >= 15 is 0 Å². The Balaban J connectivity index is 1.88. The van der Waals surface area contributed by atoms with Crippen LogP contribution in [0.3, 0.4) is 0 Å². The Hall–Kier alpha value is -1.36. The Bertz CT molecular complexity index is 507. The number of nitrogens with zero attached hydrogens (tertiary/aromatic N) is 2. The van der Waals surface area contributed by atoms with Crippen molar-refractivity contribution >= 4 is 27.8 Å². The van der Waals surface area contributed by atoms with Crippen LogP contribution in [0.1, 0.15) is 24.4 Å². The van der Waals surface area contributed by atoms with Gasteiger partial charge in [-0.25, -0.2) is 4.79 Å². The minimum Gasteiger partial charge on any atom is -0.385 e. The highest BCUT2D eigenvalue weighted by molar-refractivity contribution is 9.10. The van der Waals surface area contributed by atoms with Gasteiger partial charge in [0.15, 0.2) is 0 Å². The smallest absolute Gasteiger partial charge is 0.346 e. The third kappa shape index (κ3) is 2.14. The first-order valence-electron chi connectivity index (χ1n) is 6.05. The molecule has 1 unspecified atom stereocenters. The van der Waals surface area contributed by atoms with Crippen molar-refractivity contribution in [1.82, 2.24) is 4.90 Å². The lowest BCUT2D eigenvalue weighted by molar-refractivity contribution is 0.204. The number of halogens is 1. The summed E-state index contributed by atoms with van der Waals surface area (Å²) in [5.41, 5.74) is 6.92. The molecule has 0 aromatic heterocycles. The van der Waals surface area contributed by atoms with E-state index in [1.807, 2.05) is 24.3 Å². The first-order valence-corrected chi connectivity index (χ1v) is 6.84. The average molecular weight is 308 g/mol. The molecule has 2 amide bonds. The van der Waals surface area contributed by atoms with E-state index in [0.29, 0.717) is 11.8 Å². The molecule has 94 valence electrons. The van der Waals surface area contributed by atoms with Gasteiger partial charge in [-0.3, -0.25) is 0 Å². The third-order valence-electron chi connectivity index (χ3n) is 3.40. The zero-order valence-electron chi connectivity index (χ0n) is 9.84. The van der Waals surface area contributed by atoms with Gasteiger partial charge in [0.1, 0.15) is 11.9 Å². The van der Waals surface area contributed by atoms with E-state index in [2.05, 4.69) is 20.9 Å². The number of hydrogen-bond acceptors (Lipinski definition) is 2. The highest BCUT2D eigenvalue weighted by Crippen LogP contribution is 2.35. The maximum Gasteiger partial charge on any atom is 0.346 e. The summed E-state index contributed by atoms with van der Waals surface area (Å²) in [7, 11) is 0. The molecular weight excluding hydrogens is 294 g/mol. The SMILES string of the molecule is NC1=NC(=O)N(CC2CC2)C1c1ccc(Br)cc1. The van der Waals surface area contributed by atoms with Crippen molar-refractivity contribution in [2.75, 3.05) is 6.54 Å². The second-order valence-corrected chi connectivity index (χ2v) is 5.78. The van der Waals surface area contributed by atoms with Crippen molar-refractivity contribution < 1.29 is 4.79 Å². The molecule has 0 saturated heterocycles. The number of aliphatic imine (C=N–C) groups is 1. The van der Waals surface area contributed by atoms with Gasteiger partial charge < -0.3 is 10.6 Å². The zero-order valence-corrected chi connectivity index (χ0v) is 11.4. The molecule has 18 heavy (non-hydrogen) atoms. The van der Waals surface area contributed by atoms with E-state index in [-0.39, 0.29) is 12.1 Å². The molecule has 1 fully saturated rings. The Morgan fingerprint density at radius 3 is 2.61 bits per heavy atom. The fourth-order valence-electron chi connectivity index (χ4n) is 2.26. The monoisotopic (exact) mass is 307 g/mol. The number of amides is 2. The molecule has 4 nitrogen and oxygen atoms in total. The summed E-state index contributed by atoms with van der Waals surface area (Å²) in [5.74, 6) is 1.04. The number of benzene rings is 1. The number of nitrogens with two attached hydrogens (primary N) is 1. The summed E-state index contributed by atoms with van der Waals surface area (Å²) in [6, 6.07) is 7.49. The molecule has 1 aromatic rings. The van der Waals surface area contributed by atoms with E-state index in [1.165, 1.54) is 12.8 Å². The maximum absolute atomic E-state index is 11.8. The normalized spacial score (nSPS) is 23.4. The van der Waals surface area contributed by atoms with Crippen molar-refractivity contribution in [3.05, 3.63) is 34.3 Å². The van der Waals surface area contributed by atoms with Crippen molar-refractivity contribution in [2.24, 2.45) is 16.6 Å². The van der Waals surface area contributed by atoms with Crippen LogP contribution in [-0.2, 0) is 0 Å². The second kappa shape index (κ2) is 4.39. The highest BCUT2D eigenvalue weighted by Gasteiger charge is 2.37. The van der Waals surface area contributed by atoms with E-state index in [1.54, 1.807) is 4.90 Å². The second-order valence-electron chi connectivity index (χ2n) is 4.87. The predicted molar refractivity (Wildman–Crippen MR) is 73.3 cm³/mol. The van der Waals surface area contributed by atoms with Gasteiger partial charge in [-0.05, 0) is 36.5 Å². The Kier molecular flexibility index (Phi) is 2.86. The van der Waals surface area contributed by atoms with Gasteiger partial charge in [-0.15, -0.1) is 0 Å². The van der Waals surface area contributed by atoms with E-state index in [9.17, 15) is 4.79 Å². The fraction of sp³-hybridized carbons (Fsp3) is 0.385. The van der Waals surface area contributed by atoms with E-state index in [0.717, 1.165) is 16.6 Å². The Morgan fingerprint density at radius 1 is 1.33 bits per heavy atom. The molecule has 0 bridgehead atoms. The molecule has 1 heterocycles. The number of carbonyl (C=O) groups excluding carboxylic acids is 1. The third-order valence-corrected chi connectivity index (χ3v) is 3.93. The van der Waals surface area contributed by atoms with Crippen LogP contribution >= 0.6 is 15.9 Å². The minimum atomic E-state index is -0.202. The van der Waals surface area contributed by atoms with Gasteiger partial charge >= 0.3 is 6.03 Å². The van der Waals surface area contributed by atoms with Crippen LogP contribution in [0, 0.1) is 5.92 Å². The number of amidine groups is 1. The van der Waals surface area contributed by atoms with Crippen LogP contribution in [0.25, 0.3) is 0 Å². The molecule has 1 aliphatic heterocycles. The lowest BCUT2D eigenvalue weighted by Crippen LogP contribution is -2.34. The predicted octanol–water partition coefficient (Wildman–Crippen LogP) is 2.69. The summed E-state index contributed by atoms with van der Waals surface area (Å²) in [5, 5.41) is 0. The highest BCUT2D eigenvalue weighted by atomic mass is 79.9. The Morgan fingerprint density at radius 2 is 2.00 bits per heavy atom. The standard InChI is InChI=1S/C13H14BrN3O/c14-10-5-3-9(4-6-10)11-12(15)16-13(18)17(11)7-8-1-2-8/h3-6,8,11H,1-2,7H2,(H2,15,16,18). The average Bonchev–Trinajstić information content (AvgIpc) is 3.09. The van der Waals surface area contributed by atoms with Crippen LogP contribution in [0.5, 0.6) is 0 Å². The van der Waals surface area contributed by atoms with Gasteiger partial charge in [0.2, 0.25) is 0 Å². The summed E-state index contributed by atoms with van der Waals surface area (Å²) in [6.07, 6.45) is 2.41. The topological polar surface area (TPSA) is 58.7 Å². The molecule has 1 aromatic carbocycles. The van der Waals surface area contributed by atoms with Gasteiger partial charge in [0.25, 0.3) is 0 Å². The number of rotatable bonds is 3. The lowest BCUT2D eigenvalue weighted by Gasteiger charge is -2.24. The first-order chi connectivity index (χ1) is 8.65. The molecule has 5 heteroatoms. The zero-order chi connectivity index (χ0) is 12.7. The molecular formula is C13H14BrN3O. The van der Waals surface area contributed by atoms with Crippen molar-refractivity contribution in [3.63, 3.8) is 0 Å². The largest absolute Gasteiger partial charge is 0.385 e. The van der Waals surface area contributed by atoms with Crippen molar-refractivity contribution in [2.45, 2.75) is 18.9 Å². The van der Waals surface area contributed by atoms with Gasteiger partial charge in [0, 0.05) is 11.0 Å². The summed E-state index contributed by atoms with van der Waals surface area (Å²) in [6.45, 7) is 0.768. The molecule has 1 aliphatic carbocycles. The molecule has 3 rings (SSSR count). The van der Waals surface area contributed by atoms with E-state index in [4.69, 9.17) is 5.73 Å². The van der Waals surface area contributed by atoms with Gasteiger partial charge in [-0.2, -0.15) is 4.99 Å². The maximum atomic E-state index is 11.8. The molecule has 2 aliphatic rings. The van der Waals surface area contributed by atoms with Crippen LogP contribution in [0.15, 0.2) is 33.7 Å². The first kappa shape index (κ1) is 11.7. The van der Waals surface area contributed by atoms with Crippen LogP contribution < -0.4 is 5.73 Å². The molecule has 1 atom stereocenters. The summed E-state index contributed by atoms with van der Waals surface area (Å²) >= 11 is 3.40. The summed E-state index contributed by atoms with van der Waals surface area (Å²) in [4.78, 5) is 17.5. The molecule has 1 saturated carbocycles. The number of urea groups is 1. The Labute approximate surface area is 114 Å². The minimum absolute atomic E-state index is 0.189. The molecule has 0 radical (unpaired) electrons. The fourth-order valence-corrected chi connectivity index (χ4v) is 2.53. The lowest BCUT2D eigenvalue weighted by atomic mass is 10.1. The van der Waals surface area contributed by atoms with Gasteiger partial charge in [0.05, 0.1) is 0 Å². The van der Waals surface area contributed by atoms with E-state index < -0.39 is 0 Å². The van der Waals surface area contributed by atoms with Gasteiger partial charge in [-0.1, -0.05) is 28.1 Å². The van der Waals surface area contributed by atoms with Crippen LogP contribution in [0.4, 0.5) is 4.79 Å². The van der Waals surface area contributed by atoms with Crippen molar-refractivity contribution in [1.29, 1.82) is 0 Å². The molecule has 2 N–H and O–H groups in total. The quantitative estimate of drug-likeness (QED) is 0.933. The molecule has 0 spiro atoms. The number of carbonyl (C=O) groups is 1.